The Morgan fingerprint density at radius 1 is 1.26 bits per heavy atom. The Kier molecular flexibility index (Phi) is 6.69. The van der Waals surface area contributed by atoms with Gasteiger partial charge in [0.05, 0.1) is 18.4 Å². The second-order valence-electron chi connectivity index (χ2n) is 8.04. The van der Waals surface area contributed by atoms with Crippen LogP contribution in [0.1, 0.15) is 38.2 Å². The van der Waals surface area contributed by atoms with Gasteiger partial charge in [0.2, 0.25) is 11.8 Å². The van der Waals surface area contributed by atoms with Crippen LogP contribution in [0, 0.1) is 0 Å². The number of carbonyl (C=O) groups is 1. The van der Waals surface area contributed by atoms with Gasteiger partial charge in [-0.25, -0.2) is 9.98 Å². The molecular weight excluding hydrogens is 394 g/mol. The van der Waals surface area contributed by atoms with Crippen molar-refractivity contribution < 1.29 is 9.53 Å². The summed E-state index contributed by atoms with van der Waals surface area (Å²) < 4.78 is 7.64. The number of piperazine rings is 1. The normalized spacial score (nSPS) is 18.0. The third kappa shape index (κ3) is 5.34. The van der Waals surface area contributed by atoms with Crippen LogP contribution in [0.2, 0.25) is 0 Å². The van der Waals surface area contributed by atoms with Gasteiger partial charge in [0.25, 0.3) is 0 Å². The molecule has 4 rings (SSSR count). The predicted molar refractivity (Wildman–Crippen MR) is 119 cm³/mol. The van der Waals surface area contributed by atoms with Crippen molar-refractivity contribution in [2.45, 2.75) is 45.3 Å². The van der Waals surface area contributed by atoms with Crippen LogP contribution in [-0.2, 0) is 18.4 Å². The Balaban J connectivity index is 1.36. The number of nitrogens with zero attached hydrogens (tertiary/aromatic N) is 6. The summed E-state index contributed by atoms with van der Waals surface area (Å²) in [5.74, 6) is 1.47. The zero-order chi connectivity index (χ0) is 21.6. The molecule has 2 fully saturated rings. The fourth-order valence-corrected chi connectivity index (χ4v) is 4.02. The van der Waals surface area contributed by atoms with Gasteiger partial charge >= 0.3 is 0 Å². The fraction of sp³-hybridized carbons (Fsp3) is 0.545. The third-order valence-corrected chi connectivity index (χ3v) is 5.66. The number of rotatable bonds is 6. The molecule has 31 heavy (non-hydrogen) atoms. The molecule has 1 saturated heterocycles. The lowest BCUT2D eigenvalue weighted by Gasteiger charge is -2.35. The molecule has 0 spiro atoms. The number of guanidine groups is 1. The van der Waals surface area contributed by atoms with Gasteiger partial charge in [-0.15, -0.1) is 0 Å². The van der Waals surface area contributed by atoms with Gasteiger partial charge in [-0.3, -0.25) is 9.48 Å². The van der Waals surface area contributed by atoms with E-state index < -0.39 is 0 Å². The number of aliphatic imine (C=N–C) groups is 1. The first-order valence-electron chi connectivity index (χ1n) is 11.1. The molecule has 0 radical (unpaired) electrons. The van der Waals surface area contributed by atoms with Gasteiger partial charge in [0.15, 0.2) is 5.96 Å². The summed E-state index contributed by atoms with van der Waals surface area (Å²) in [4.78, 5) is 25.7. The van der Waals surface area contributed by atoms with E-state index in [1.54, 1.807) is 15.8 Å². The average molecular weight is 426 g/mol. The molecule has 1 amide bonds. The first-order chi connectivity index (χ1) is 15.1. The molecule has 0 bridgehead atoms. The highest BCUT2D eigenvalue weighted by atomic mass is 16.5. The van der Waals surface area contributed by atoms with Crippen LogP contribution in [0.15, 0.2) is 35.7 Å². The molecule has 1 saturated carbocycles. The van der Waals surface area contributed by atoms with Crippen LogP contribution in [-0.4, -0.2) is 63.8 Å². The van der Waals surface area contributed by atoms with E-state index in [9.17, 15) is 4.79 Å². The van der Waals surface area contributed by atoms with Crippen LogP contribution in [0.25, 0.3) is 0 Å². The van der Waals surface area contributed by atoms with Crippen LogP contribution in [0.3, 0.4) is 0 Å². The molecule has 166 valence electrons. The summed E-state index contributed by atoms with van der Waals surface area (Å²) in [6.45, 7) is 4.86. The number of anilines is 1. The van der Waals surface area contributed by atoms with E-state index in [0.717, 1.165) is 36.6 Å². The standard InChI is InChI=1S/C22H31N7O2/c1-3-23-22(28-10-11-29(21(30)16-28)18-14-26-27(2)15-18)25-13-17-8-9-20(24-12-17)31-19-6-4-5-7-19/h8-9,12,14-15,19H,3-7,10-11,13,16H2,1-2H3,(H,23,25). The highest BCUT2D eigenvalue weighted by Crippen LogP contribution is 2.23. The second-order valence-corrected chi connectivity index (χ2v) is 8.04. The molecule has 0 aromatic carbocycles. The lowest BCUT2D eigenvalue weighted by molar-refractivity contribution is -0.120. The molecule has 2 aromatic rings. The maximum absolute atomic E-state index is 12.7. The van der Waals surface area contributed by atoms with Crippen molar-refractivity contribution in [1.29, 1.82) is 0 Å². The molecule has 1 aliphatic heterocycles. The molecule has 2 aromatic heterocycles. The summed E-state index contributed by atoms with van der Waals surface area (Å²) in [6.07, 6.45) is 10.4. The van der Waals surface area contributed by atoms with Crippen molar-refractivity contribution in [3.05, 3.63) is 36.3 Å². The van der Waals surface area contributed by atoms with Gasteiger partial charge in [0.1, 0.15) is 12.6 Å². The zero-order valence-electron chi connectivity index (χ0n) is 18.3. The molecular formula is C22H31N7O2. The Morgan fingerprint density at radius 2 is 2.10 bits per heavy atom. The largest absolute Gasteiger partial charge is 0.474 e. The molecule has 1 aliphatic carbocycles. The molecule has 9 nitrogen and oxygen atoms in total. The quantitative estimate of drug-likeness (QED) is 0.562. The maximum Gasteiger partial charge on any atom is 0.246 e. The maximum atomic E-state index is 12.7. The molecule has 1 N–H and O–H groups in total. The number of aromatic nitrogens is 3. The highest BCUT2D eigenvalue weighted by molar-refractivity contribution is 5.98. The van der Waals surface area contributed by atoms with Crippen LogP contribution < -0.4 is 15.0 Å². The van der Waals surface area contributed by atoms with E-state index in [0.29, 0.717) is 31.6 Å². The van der Waals surface area contributed by atoms with Crippen molar-refractivity contribution >= 4 is 17.6 Å². The van der Waals surface area contributed by atoms with Gasteiger partial charge in [-0.1, -0.05) is 6.07 Å². The first kappa shape index (κ1) is 21.1. The van der Waals surface area contributed by atoms with Crippen LogP contribution >= 0.6 is 0 Å². The number of pyridine rings is 1. The number of hydrogen-bond acceptors (Lipinski definition) is 5. The molecule has 0 atom stereocenters. The minimum Gasteiger partial charge on any atom is -0.474 e. The smallest absolute Gasteiger partial charge is 0.246 e. The molecule has 3 heterocycles. The monoisotopic (exact) mass is 425 g/mol. The summed E-state index contributed by atoms with van der Waals surface area (Å²) in [7, 11) is 1.85. The van der Waals surface area contributed by atoms with Crippen LogP contribution in [0.4, 0.5) is 5.69 Å². The third-order valence-electron chi connectivity index (χ3n) is 5.66. The number of amides is 1. The van der Waals surface area contributed by atoms with Crippen molar-refractivity contribution in [2.24, 2.45) is 12.0 Å². The topological polar surface area (TPSA) is 87.9 Å². The van der Waals surface area contributed by atoms with Crippen molar-refractivity contribution in [3.8, 4) is 5.88 Å². The fourth-order valence-electron chi connectivity index (χ4n) is 4.02. The van der Waals surface area contributed by atoms with E-state index >= 15 is 0 Å². The summed E-state index contributed by atoms with van der Waals surface area (Å²) in [5.41, 5.74) is 1.84. The zero-order valence-corrected chi connectivity index (χ0v) is 18.3. The van der Waals surface area contributed by atoms with Gasteiger partial charge in [-0.2, -0.15) is 5.10 Å². The van der Waals surface area contributed by atoms with E-state index in [1.165, 1.54) is 12.8 Å². The molecule has 0 unspecified atom stereocenters. The number of hydrogen-bond donors (Lipinski definition) is 1. The lowest BCUT2D eigenvalue weighted by Crippen LogP contribution is -2.55. The Hall–Kier alpha value is -3.10. The van der Waals surface area contributed by atoms with Crippen molar-refractivity contribution in [3.63, 3.8) is 0 Å². The summed E-state index contributed by atoms with van der Waals surface area (Å²) >= 11 is 0. The minimum atomic E-state index is 0.0416. The number of ether oxygens (including phenoxy) is 1. The van der Waals surface area contributed by atoms with Crippen LogP contribution in [0.5, 0.6) is 5.88 Å². The minimum absolute atomic E-state index is 0.0416. The van der Waals surface area contributed by atoms with Gasteiger partial charge in [0, 0.05) is 45.1 Å². The van der Waals surface area contributed by atoms with Gasteiger partial charge in [-0.05, 0) is 38.2 Å². The van der Waals surface area contributed by atoms with Crippen molar-refractivity contribution in [1.82, 2.24) is 25.0 Å². The second kappa shape index (κ2) is 9.80. The molecule has 9 heteroatoms. The Labute approximate surface area is 183 Å². The predicted octanol–water partition coefficient (Wildman–Crippen LogP) is 1.95. The number of carbonyl (C=O) groups excluding carboxylic acids is 1. The van der Waals surface area contributed by atoms with E-state index in [2.05, 4.69) is 15.4 Å². The summed E-state index contributed by atoms with van der Waals surface area (Å²) in [6, 6.07) is 3.93. The molecule has 2 aliphatic rings. The van der Waals surface area contributed by atoms with Gasteiger partial charge < -0.3 is 19.9 Å². The first-order valence-corrected chi connectivity index (χ1v) is 11.1. The van der Waals surface area contributed by atoms with E-state index in [4.69, 9.17) is 9.73 Å². The number of aryl methyl sites for hydroxylation is 1. The Morgan fingerprint density at radius 3 is 2.74 bits per heavy atom. The van der Waals surface area contributed by atoms with E-state index in [-0.39, 0.29) is 12.5 Å². The lowest BCUT2D eigenvalue weighted by atomic mass is 10.3. The number of nitrogens with one attached hydrogen (secondary N) is 1. The average Bonchev–Trinajstić information content (AvgIpc) is 3.44. The van der Waals surface area contributed by atoms with Crippen molar-refractivity contribution in [2.75, 3.05) is 31.1 Å². The summed E-state index contributed by atoms with van der Waals surface area (Å²) in [5, 5.41) is 7.47. The van der Waals surface area contributed by atoms with E-state index in [1.807, 2.05) is 43.4 Å². The SMILES string of the molecule is CCNC(=NCc1ccc(OC2CCCC2)nc1)N1CCN(c2cnn(C)c2)C(=O)C1. The highest BCUT2D eigenvalue weighted by Gasteiger charge is 2.27. The Bertz CT molecular complexity index is 903.